The summed E-state index contributed by atoms with van der Waals surface area (Å²) in [6.07, 6.45) is 5.94. The standard InChI is InChI=1S/C13H22O/c1-10(2)13(3,4)12(14)11-8-6-5-7-9-11/h11H,1,5-9H2,2-4H3. The van der Waals surface area contributed by atoms with Crippen LogP contribution in [0.3, 0.4) is 0 Å². The summed E-state index contributed by atoms with van der Waals surface area (Å²) >= 11 is 0. The second-order valence-electron chi connectivity index (χ2n) is 5.10. The second kappa shape index (κ2) is 4.29. The van der Waals surface area contributed by atoms with Crippen LogP contribution >= 0.6 is 0 Å². The van der Waals surface area contributed by atoms with Crippen molar-refractivity contribution in [1.82, 2.24) is 0 Å². The van der Waals surface area contributed by atoms with E-state index in [0.717, 1.165) is 18.4 Å². The Bertz CT molecular complexity index is 232. The summed E-state index contributed by atoms with van der Waals surface area (Å²) in [5, 5.41) is 0. The molecule has 1 nitrogen and oxygen atoms in total. The minimum absolute atomic E-state index is 0.301. The van der Waals surface area contributed by atoms with Crippen molar-refractivity contribution in [2.45, 2.75) is 52.9 Å². The van der Waals surface area contributed by atoms with Crippen molar-refractivity contribution in [2.24, 2.45) is 11.3 Å². The zero-order chi connectivity index (χ0) is 10.8. The third-order valence-electron chi connectivity index (χ3n) is 3.66. The minimum Gasteiger partial charge on any atom is -0.298 e. The van der Waals surface area contributed by atoms with Crippen LogP contribution in [-0.4, -0.2) is 5.78 Å². The molecule has 0 atom stereocenters. The van der Waals surface area contributed by atoms with Gasteiger partial charge >= 0.3 is 0 Å². The quantitative estimate of drug-likeness (QED) is 0.625. The zero-order valence-electron chi connectivity index (χ0n) is 9.73. The van der Waals surface area contributed by atoms with Crippen LogP contribution in [0.2, 0.25) is 0 Å². The summed E-state index contributed by atoms with van der Waals surface area (Å²) in [5.74, 6) is 0.708. The van der Waals surface area contributed by atoms with Gasteiger partial charge in [0.25, 0.3) is 0 Å². The van der Waals surface area contributed by atoms with Gasteiger partial charge in [0.2, 0.25) is 0 Å². The molecule has 0 heterocycles. The van der Waals surface area contributed by atoms with Crippen molar-refractivity contribution in [3.8, 4) is 0 Å². The Morgan fingerprint density at radius 1 is 1.21 bits per heavy atom. The SMILES string of the molecule is C=C(C)C(C)(C)C(=O)C1CCCCC1. The largest absolute Gasteiger partial charge is 0.298 e. The van der Waals surface area contributed by atoms with E-state index in [-0.39, 0.29) is 5.41 Å². The first-order chi connectivity index (χ1) is 6.46. The van der Waals surface area contributed by atoms with E-state index in [9.17, 15) is 4.79 Å². The smallest absolute Gasteiger partial charge is 0.145 e. The summed E-state index contributed by atoms with van der Waals surface area (Å²) in [6, 6.07) is 0. The molecular weight excluding hydrogens is 172 g/mol. The van der Waals surface area contributed by atoms with E-state index in [1.165, 1.54) is 19.3 Å². The molecule has 0 bridgehead atoms. The van der Waals surface area contributed by atoms with E-state index in [2.05, 4.69) is 6.58 Å². The highest BCUT2D eigenvalue weighted by Crippen LogP contribution is 2.34. The molecule has 80 valence electrons. The van der Waals surface area contributed by atoms with Crippen LogP contribution in [0, 0.1) is 11.3 Å². The molecular formula is C13H22O. The van der Waals surface area contributed by atoms with Gasteiger partial charge in [-0.2, -0.15) is 0 Å². The van der Waals surface area contributed by atoms with Gasteiger partial charge in [-0.15, -0.1) is 0 Å². The molecule has 0 aliphatic heterocycles. The Morgan fingerprint density at radius 3 is 2.14 bits per heavy atom. The fourth-order valence-corrected chi connectivity index (χ4v) is 2.09. The molecule has 0 radical (unpaired) electrons. The number of ketones is 1. The van der Waals surface area contributed by atoms with Crippen molar-refractivity contribution in [1.29, 1.82) is 0 Å². The van der Waals surface area contributed by atoms with Gasteiger partial charge in [0, 0.05) is 11.3 Å². The lowest BCUT2D eigenvalue weighted by Crippen LogP contribution is -2.32. The molecule has 0 aromatic rings. The van der Waals surface area contributed by atoms with Crippen LogP contribution in [0.5, 0.6) is 0 Å². The van der Waals surface area contributed by atoms with Crippen LogP contribution in [0.1, 0.15) is 52.9 Å². The average Bonchev–Trinajstić information content (AvgIpc) is 2.17. The lowest BCUT2D eigenvalue weighted by Gasteiger charge is -2.30. The van der Waals surface area contributed by atoms with Crippen LogP contribution in [0.25, 0.3) is 0 Å². The van der Waals surface area contributed by atoms with Gasteiger partial charge in [-0.25, -0.2) is 0 Å². The van der Waals surface area contributed by atoms with Crippen LogP contribution < -0.4 is 0 Å². The van der Waals surface area contributed by atoms with Crippen LogP contribution in [0.15, 0.2) is 12.2 Å². The zero-order valence-corrected chi connectivity index (χ0v) is 9.73. The first kappa shape index (κ1) is 11.5. The number of Topliss-reactive ketones (excluding diaryl/α,β-unsaturated/α-hetero) is 1. The summed E-state index contributed by atoms with van der Waals surface area (Å²) in [7, 11) is 0. The molecule has 1 saturated carbocycles. The Kier molecular flexibility index (Phi) is 3.52. The van der Waals surface area contributed by atoms with Gasteiger partial charge in [0.15, 0.2) is 0 Å². The molecule has 1 heteroatoms. The number of hydrogen-bond donors (Lipinski definition) is 0. The number of rotatable bonds is 3. The van der Waals surface area contributed by atoms with Gasteiger partial charge < -0.3 is 0 Å². The molecule has 0 aromatic carbocycles. The Balaban J connectivity index is 2.67. The molecule has 0 aromatic heterocycles. The van der Waals surface area contributed by atoms with E-state index >= 15 is 0 Å². The van der Waals surface area contributed by atoms with Crippen molar-refractivity contribution < 1.29 is 4.79 Å². The summed E-state index contributed by atoms with van der Waals surface area (Å²) in [5.41, 5.74) is 0.676. The van der Waals surface area contributed by atoms with Gasteiger partial charge in [-0.3, -0.25) is 4.79 Å². The topological polar surface area (TPSA) is 17.1 Å². The highest BCUT2D eigenvalue weighted by molar-refractivity contribution is 5.88. The lowest BCUT2D eigenvalue weighted by atomic mass is 9.72. The maximum absolute atomic E-state index is 12.2. The number of carbonyl (C=O) groups is 1. The predicted molar refractivity (Wildman–Crippen MR) is 60.2 cm³/mol. The molecule has 0 unspecified atom stereocenters. The maximum atomic E-state index is 12.2. The fourth-order valence-electron chi connectivity index (χ4n) is 2.09. The first-order valence-electron chi connectivity index (χ1n) is 5.66. The fraction of sp³-hybridized carbons (Fsp3) is 0.769. The van der Waals surface area contributed by atoms with Gasteiger partial charge in [0.1, 0.15) is 5.78 Å². The molecule has 0 saturated heterocycles. The molecule has 0 spiro atoms. The minimum atomic E-state index is -0.317. The van der Waals surface area contributed by atoms with E-state index in [1.54, 1.807) is 0 Å². The Hall–Kier alpha value is -0.590. The molecule has 1 aliphatic carbocycles. The molecule has 1 fully saturated rings. The van der Waals surface area contributed by atoms with E-state index in [4.69, 9.17) is 0 Å². The second-order valence-corrected chi connectivity index (χ2v) is 5.10. The first-order valence-corrected chi connectivity index (χ1v) is 5.66. The average molecular weight is 194 g/mol. The lowest BCUT2D eigenvalue weighted by molar-refractivity contribution is -0.130. The van der Waals surface area contributed by atoms with Gasteiger partial charge in [-0.1, -0.05) is 31.4 Å². The highest BCUT2D eigenvalue weighted by Gasteiger charge is 2.34. The molecule has 0 amide bonds. The van der Waals surface area contributed by atoms with Crippen molar-refractivity contribution in [2.75, 3.05) is 0 Å². The van der Waals surface area contributed by atoms with Crippen LogP contribution in [0.4, 0.5) is 0 Å². The number of hydrogen-bond acceptors (Lipinski definition) is 1. The molecule has 1 rings (SSSR count). The third kappa shape index (κ3) is 2.26. The van der Waals surface area contributed by atoms with Crippen molar-refractivity contribution in [3.63, 3.8) is 0 Å². The Labute approximate surface area is 87.6 Å². The van der Waals surface area contributed by atoms with Crippen molar-refractivity contribution in [3.05, 3.63) is 12.2 Å². The van der Waals surface area contributed by atoms with E-state index < -0.39 is 0 Å². The maximum Gasteiger partial charge on any atom is 0.145 e. The predicted octanol–water partition coefficient (Wildman–Crippen LogP) is 3.74. The monoisotopic (exact) mass is 194 g/mol. The number of allylic oxidation sites excluding steroid dienone is 1. The van der Waals surface area contributed by atoms with Crippen molar-refractivity contribution >= 4 is 5.78 Å². The van der Waals surface area contributed by atoms with E-state index in [0.29, 0.717) is 11.7 Å². The Morgan fingerprint density at radius 2 is 1.71 bits per heavy atom. The number of carbonyl (C=O) groups excluding carboxylic acids is 1. The van der Waals surface area contributed by atoms with E-state index in [1.807, 2.05) is 20.8 Å². The summed E-state index contributed by atoms with van der Waals surface area (Å²) in [6.45, 7) is 9.89. The van der Waals surface area contributed by atoms with Gasteiger partial charge in [0.05, 0.1) is 0 Å². The molecule has 14 heavy (non-hydrogen) atoms. The van der Waals surface area contributed by atoms with Gasteiger partial charge in [-0.05, 0) is 33.6 Å². The summed E-state index contributed by atoms with van der Waals surface area (Å²) < 4.78 is 0. The molecule has 1 aliphatic rings. The van der Waals surface area contributed by atoms with Crippen LogP contribution in [-0.2, 0) is 4.79 Å². The third-order valence-corrected chi connectivity index (χ3v) is 3.66. The molecule has 0 N–H and O–H groups in total. The highest BCUT2D eigenvalue weighted by atomic mass is 16.1. The summed E-state index contributed by atoms with van der Waals surface area (Å²) in [4.78, 5) is 12.2. The normalized spacial score (nSPS) is 19.4.